The van der Waals surface area contributed by atoms with Gasteiger partial charge in [0.15, 0.2) is 18.9 Å². The molecule has 19 nitrogen and oxygen atoms in total. The Kier molecular flexibility index (Phi) is 56.4. The lowest BCUT2D eigenvalue weighted by Crippen LogP contribution is -2.66. The van der Waals surface area contributed by atoms with E-state index in [1.165, 1.54) is 116 Å². The number of allylic oxidation sites excluding steroid dienone is 20. The largest absolute Gasteiger partial charge is 0.394 e. The van der Waals surface area contributed by atoms with Gasteiger partial charge in [0.05, 0.1) is 38.6 Å². The molecule has 0 saturated carbocycles. The van der Waals surface area contributed by atoms with Gasteiger partial charge >= 0.3 is 0 Å². The summed E-state index contributed by atoms with van der Waals surface area (Å²) in [4.78, 5) is 13.5. The Bertz CT molecular complexity index is 2320. The average Bonchev–Trinajstić information content (AvgIpc) is 0.781. The van der Waals surface area contributed by atoms with Crippen molar-refractivity contribution in [3.8, 4) is 0 Å². The molecule has 1 amide bonds. The lowest BCUT2D eigenvalue weighted by molar-refractivity contribution is -0.379. The lowest BCUT2D eigenvalue weighted by Gasteiger charge is -2.48. The number of aliphatic hydroxyl groups is 11. The first-order chi connectivity index (χ1) is 49.8. The molecule has 12 N–H and O–H groups in total. The van der Waals surface area contributed by atoms with Gasteiger partial charge in [0.25, 0.3) is 0 Å². The lowest BCUT2D eigenvalue weighted by atomic mass is 9.96. The molecule has 0 spiro atoms. The maximum atomic E-state index is 13.5. The second-order valence-electron chi connectivity index (χ2n) is 27.8. The van der Waals surface area contributed by atoms with Crippen molar-refractivity contribution in [2.75, 3.05) is 26.4 Å². The van der Waals surface area contributed by atoms with Gasteiger partial charge in [-0.2, -0.15) is 0 Å². The SMILES string of the molecule is CC/C=C\C/C=C\C/C=C\C/C=C\C/C=C\C/C=C\C/C=C\C/C=C\C/C=C\C/C=C\CCCCCCC(=O)NC(COC1OC(CO)C(OC2OC(CO)C(OC3OC(CO)C(O)C(O)C3O)C(O)C2O)C(O)C1O)C(O)CCCCCCCCCCCCCCCCCCCCCCCC. The van der Waals surface area contributed by atoms with Crippen LogP contribution in [0.5, 0.6) is 0 Å². The number of ether oxygens (including phenoxy) is 6. The van der Waals surface area contributed by atoms with Crippen LogP contribution in [0.1, 0.15) is 264 Å². The molecule has 0 bridgehead atoms. The second-order valence-corrected chi connectivity index (χ2v) is 27.8. The fourth-order valence-electron chi connectivity index (χ4n) is 12.7. The summed E-state index contributed by atoms with van der Waals surface area (Å²) in [5.41, 5.74) is 0. The fourth-order valence-corrected chi connectivity index (χ4v) is 12.7. The highest BCUT2D eigenvalue weighted by atomic mass is 16.8. The van der Waals surface area contributed by atoms with Crippen LogP contribution in [0.3, 0.4) is 0 Å². The number of amides is 1. The number of unbranched alkanes of at least 4 members (excludes halogenated alkanes) is 25. The minimum Gasteiger partial charge on any atom is -0.394 e. The van der Waals surface area contributed by atoms with Crippen LogP contribution >= 0.6 is 0 Å². The minimum absolute atomic E-state index is 0.229. The molecule has 3 fully saturated rings. The van der Waals surface area contributed by atoms with E-state index >= 15 is 0 Å². The highest BCUT2D eigenvalue weighted by Gasteiger charge is 2.54. The quantitative estimate of drug-likeness (QED) is 0.0199. The molecule has 3 aliphatic heterocycles. The van der Waals surface area contributed by atoms with E-state index < -0.39 is 124 Å². The zero-order valence-corrected chi connectivity index (χ0v) is 62.5. The summed E-state index contributed by atoms with van der Waals surface area (Å²) < 4.78 is 34.5. The molecular formula is C83H141NO18. The first-order valence-corrected chi connectivity index (χ1v) is 39.8. The van der Waals surface area contributed by atoms with Gasteiger partial charge in [-0.05, 0) is 89.9 Å². The van der Waals surface area contributed by atoms with E-state index in [-0.39, 0.29) is 18.9 Å². The summed E-state index contributed by atoms with van der Waals surface area (Å²) in [5, 5.41) is 121. The van der Waals surface area contributed by atoms with Gasteiger partial charge in [0.2, 0.25) is 5.91 Å². The summed E-state index contributed by atoms with van der Waals surface area (Å²) in [6.07, 6.45) is 59.8. The summed E-state index contributed by atoms with van der Waals surface area (Å²) >= 11 is 0. The molecule has 0 radical (unpaired) electrons. The van der Waals surface area contributed by atoms with Gasteiger partial charge < -0.3 is 89.9 Å². The third kappa shape index (κ3) is 41.9. The molecule has 0 aromatic heterocycles. The number of aliphatic hydroxyl groups excluding tert-OH is 11. The van der Waals surface area contributed by atoms with E-state index in [0.29, 0.717) is 12.8 Å². The highest BCUT2D eigenvalue weighted by Crippen LogP contribution is 2.33. The number of rotatable bonds is 61. The van der Waals surface area contributed by atoms with Gasteiger partial charge in [0, 0.05) is 6.42 Å². The van der Waals surface area contributed by atoms with Crippen LogP contribution in [0.4, 0.5) is 0 Å². The topological polar surface area (TPSA) is 307 Å². The molecule has 3 rings (SSSR count). The fraction of sp³-hybridized carbons (Fsp3) is 0.747. The standard InChI is InChI=1S/C83H141NO18/c1-3-5-7-9-11-13-15-17-19-21-23-25-27-28-29-30-31-32-33-34-35-36-37-38-39-41-43-45-47-49-51-53-55-57-59-61-71(89)84-66(67(88)60-58-56-54-52-50-48-46-44-42-40-26-24-22-20-18-16-14-12-10-8-6-4-2)65-97-81-77(95)74(92)79(69(63-86)99-81)102-83-78(96)75(93)80(70(64-87)100-83)101-82-76(94)73(91)72(90)68(62-85)98-82/h5,7,11,13,17,19,23,25,28-29,31-32,34-35,37-38,41,43,47,49,66-70,72-83,85-88,90-96H,3-4,6,8-10,12,14-16,18,20-22,24,26-27,30,33,36,39-40,42,44-46,48,50-65H2,1-2H3,(H,84,89)/b7-5-,13-11-,19-17-,25-23-,29-28-,32-31-,35-34-,38-37-,43-41-,49-47-. The summed E-state index contributed by atoms with van der Waals surface area (Å²) in [6.45, 7) is 1.68. The van der Waals surface area contributed by atoms with E-state index in [1.807, 2.05) is 0 Å². The van der Waals surface area contributed by atoms with Gasteiger partial charge in [-0.1, -0.05) is 289 Å². The smallest absolute Gasteiger partial charge is 0.220 e. The molecule has 17 unspecified atom stereocenters. The maximum absolute atomic E-state index is 13.5. The van der Waals surface area contributed by atoms with Crippen molar-refractivity contribution in [3.05, 3.63) is 122 Å². The molecule has 19 heteroatoms. The Morgan fingerprint density at radius 3 is 1.06 bits per heavy atom. The van der Waals surface area contributed by atoms with Crippen molar-refractivity contribution in [2.24, 2.45) is 0 Å². The van der Waals surface area contributed by atoms with Crippen LogP contribution in [0, 0.1) is 0 Å². The first-order valence-electron chi connectivity index (χ1n) is 39.8. The Balaban J connectivity index is 1.39. The molecule has 102 heavy (non-hydrogen) atoms. The van der Waals surface area contributed by atoms with Crippen molar-refractivity contribution in [1.29, 1.82) is 0 Å². The number of nitrogens with one attached hydrogen (secondary N) is 1. The normalized spacial score (nSPS) is 26.9. The van der Waals surface area contributed by atoms with Crippen LogP contribution in [0.2, 0.25) is 0 Å². The van der Waals surface area contributed by atoms with Crippen molar-refractivity contribution >= 4 is 5.91 Å². The molecule has 0 aliphatic carbocycles. The predicted octanol–water partition coefficient (Wildman–Crippen LogP) is 13.1. The number of hydrogen-bond donors (Lipinski definition) is 12. The second kappa shape index (κ2) is 62.3. The van der Waals surface area contributed by atoms with Crippen LogP contribution in [0.15, 0.2) is 122 Å². The van der Waals surface area contributed by atoms with Crippen molar-refractivity contribution < 1.29 is 89.4 Å². The van der Waals surface area contributed by atoms with Crippen LogP contribution in [-0.2, 0) is 33.2 Å². The van der Waals surface area contributed by atoms with E-state index in [0.717, 1.165) is 116 Å². The highest BCUT2D eigenvalue weighted by molar-refractivity contribution is 5.76. The molecule has 17 atom stereocenters. The molecule has 0 aromatic rings. The third-order valence-corrected chi connectivity index (χ3v) is 19.1. The monoisotopic (exact) mass is 1440 g/mol. The molecule has 0 aromatic carbocycles. The summed E-state index contributed by atoms with van der Waals surface area (Å²) in [6, 6.07) is -0.912. The first kappa shape index (κ1) is 92.4. The molecular weight excluding hydrogens is 1300 g/mol. The number of hydrogen-bond acceptors (Lipinski definition) is 18. The van der Waals surface area contributed by atoms with E-state index in [4.69, 9.17) is 28.4 Å². The summed E-state index contributed by atoms with van der Waals surface area (Å²) in [7, 11) is 0. The van der Waals surface area contributed by atoms with Gasteiger partial charge in [-0.3, -0.25) is 4.79 Å². The van der Waals surface area contributed by atoms with Crippen LogP contribution in [0.25, 0.3) is 0 Å². The molecule has 3 heterocycles. The Hall–Kier alpha value is -3.81. The van der Waals surface area contributed by atoms with E-state index in [2.05, 4.69) is 141 Å². The van der Waals surface area contributed by atoms with Gasteiger partial charge in [0.1, 0.15) is 73.2 Å². The zero-order chi connectivity index (χ0) is 73.9. The Morgan fingerprint density at radius 1 is 0.363 bits per heavy atom. The van der Waals surface area contributed by atoms with Gasteiger partial charge in [-0.25, -0.2) is 0 Å². The molecule has 3 aliphatic rings. The number of carbonyl (C=O) groups excluding carboxylic acids is 1. The maximum Gasteiger partial charge on any atom is 0.220 e. The van der Waals surface area contributed by atoms with Crippen LogP contribution in [-0.4, -0.2) is 193 Å². The molecule has 586 valence electrons. The third-order valence-electron chi connectivity index (χ3n) is 19.1. The van der Waals surface area contributed by atoms with E-state index in [9.17, 15) is 61.0 Å². The van der Waals surface area contributed by atoms with Crippen LogP contribution < -0.4 is 5.32 Å². The summed E-state index contributed by atoms with van der Waals surface area (Å²) in [5.74, 6) is -0.270. The van der Waals surface area contributed by atoms with Crippen molar-refractivity contribution in [3.63, 3.8) is 0 Å². The van der Waals surface area contributed by atoms with Crippen molar-refractivity contribution in [2.45, 2.75) is 369 Å². The molecule has 3 saturated heterocycles. The number of carbonyl (C=O) groups is 1. The predicted molar refractivity (Wildman–Crippen MR) is 406 cm³/mol. The average molecular weight is 1440 g/mol. The van der Waals surface area contributed by atoms with Crippen molar-refractivity contribution in [1.82, 2.24) is 5.32 Å². The Labute approximate surface area is 614 Å². The Morgan fingerprint density at radius 2 is 0.676 bits per heavy atom. The zero-order valence-electron chi connectivity index (χ0n) is 62.5. The minimum atomic E-state index is -1.98. The van der Waals surface area contributed by atoms with Gasteiger partial charge in [-0.15, -0.1) is 0 Å². The van der Waals surface area contributed by atoms with E-state index in [1.54, 1.807) is 0 Å².